The lowest BCUT2D eigenvalue weighted by Gasteiger charge is -2.39. The molecule has 5 amide bonds. The quantitative estimate of drug-likeness (QED) is 0.101. The number of carbonyl (C=O) groups excluding carboxylic acids is 5. The Hall–Kier alpha value is -6.51. The minimum absolute atomic E-state index is 0.0756. The highest BCUT2D eigenvalue weighted by atomic mass is 35.5. The number of rotatable bonds is 6. The first-order valence-electron chi connectivity index (χ1n) is 24.0. The number of pyridine rings is 1. The molecular formula is C53H52ClF4N7O6. The fraction of sp³-hybridized carbons (Fsp3) is 0.434. The summed E-state index contributed by atoms with van der Waals surface area (Å²) in [5.74, 6) is 3.55. The fourth-order valence-corrected chi connectivity index (χ4v) is 11.8. The lowest BCUT2D eigenvalue weighted by molar-refractivity contribution is -0.141. The number of nitrogens with zero attached hydrogens (tertiary/aromatic N) is 4. The SMILES string of the molecule is CC(C)(C)C[C@@H]1N[C@@H](C(=O)N2CCOc3cc(C(=O)N4CCC[C@@H](CC#Cc5cccc6c5CN([C@H]5CCC(=O)NC5=O)C6=O)C4)ccc32)[C@H](c2cccc(Cl)c2F)[C@]12CNc1cc(C(F)(F)F)ncc12. The minimum Gasteiger partial charge on any atom is -0.490 e. The van der Waals surface area contributed by atoms with E-state index in [1.54, 1.807) is 52.3 Å². The van der Waals surface area contributed by atoms with Gasteiger partial charge in [-0.05, 0) is 90.6 Å². The smallest absolute Gasteiger partial charge is 0.433 e. The molecule has 0 unspecified atom stereocenters. The zero-order chi connectivity index (χ0) is 50.1. The summed E-state index contributed by atoms with van der Waals surface area (Å²) in [5.41, 5.74) is 0.970. The third kappa shape index (κ3) is 8.77. The van der Waals surface area contributed by atoms with Crippen molar-refractivity contribution in [3.63, 3.8) is 0 Å². The van der Waals surface area contributed by atoms with Crippen LogP contribution in [-0.2, 0) is 32.5 Å². The Morgan fingerprint density at radius 2 is 1.82 bits per heavy atom. The minimum atomic E-state index is -4.70. The number of hydrogen-bond donors (Lipinski definition) is 3. The van der Waals surface area contributed by atoms with Gasteiger partial charge in [-0.1, -0.05) is 62.4 Å². The molecular weight excluding hydrogens is 942 g/mol. The number of anilines is 2. The van der Waals surface area contributed by atoms with E-state index in [4.69, 9.17) is 16.3 Å². The van der Waals surface area contributed by atoms with Gasteiger partial charge in [0.05, 0.1) is 23.3 Å². The van der Waals surface area contributed by atoms with Crippen LogP contribution in [0, 0.1) is 29.0 Å². The van der Waals surface area contributed by atoms with Crippen molar-refractivity contribution in [3.05, 3.63) is 117 Å². The summed E-state index contributed by atoms with van der Waals surface area (Å²) < 4.78 is 64.5. The fourth-order valence-electron chi connectivity index (χ4n) is 11.7. The van der Waals surface area contributed by atoms with Crippen LogP contribution in [0.25, 0.3) is 0 Å². The van der Waals surface area contributed by atoms with E-state index in [0.29, 0.717) is 59.6 Å². The molecule has 0 radical (unpaired) electrons. The first-order chi connectivity index (χ1) is 33.8. The van der Waals surface area contributed by atoms with Crippen LogP contribution in [0.5, 0.6) is 5.75 Å². The number of ether oxygens (including phenoxy) is 1. The number of piperidine rings is 2. The van der Waals surface area contributed by atoms with E-state index in [9.17, 15) is 32.3 Å². The number of amides is 5. The molecule has 13 nitrogen and oxygen atoms in total. The van der Waals surface area contributed by atoms with E-state index in [-0.39, 0.29) is 84.4 Å². The second kappa shape index (κ2) is 18.3. The van der Waals surface area contributed by atoms with E-state index >= 15 is 9.18 Å². The van der Waals surface area contributed by atoms with E-state index in [1.165, 1.54) is 17.2 Å². The largest absolute Gasteiger partial charge is 0.490 e. The molecule has 10 rings (SSSR count). The number of imide groups is 1. The average Bonchev–Trinajstić information content (AvgIpc) is 3.99. The van der Waals surface area contributed by atoms with Crippen LogP contribution in [0.15, 0.2) is 66.9 Å². The van der Waals surface area contributed by atoms with Crippen molar-refractivity contribution in [2.45, 2.75) is 101 Å². The first kappa shape index (κ1) is 48.1. The van der Waals surface area contributed by atoms with Crippen molar-refractivity contribution < 1.29 is 46.3 Å². The third-order valence-electron chi connectivity index (χ3n) is 14.9. The lowest BCUT2D eigenvalue weighted by Crippen LogP contribution is -2.52. The Morgan fingerprint density at radius 3 is 2.59 bits per heavy atom. The third-order valence-corrected chi connectivity index (χ3v) is 15.2. The summed E-state index contributed by atoms with van der Waals surface area (Å²) >= 11 is 6.42. The topological polar surface area (TPSA) is 153 Å². The Labute approximate surface area is 413 Å². The van der Waals surface area contributed by atoms with Gasteiger partial charge in [-0.25, -0.2) is 4.39 Å². The summed E-state index contributed by atoms with van der Waals surface area (Å²) in [6.07, 6.45) is -0.475. The average molecular weight is 994 g/mol. The van der Waals surface area contributed by atoms with Gasteiger partial charge in [0.2, 0.25) is 17.7 Å². The van der Waals surface area contributed by atoms with Gasteiger partial charge in [-0.15, -0.1) is 0 Å². The number of fused-ring (bicyclic) bond motifs is 4. The van der Waals surface area contributed by atoms with Gasteiger partial charge in [0.1, 0.15) is 29.9 Å². The van der Waals surface area contributed by atoms with Gasteiger partial charge in [-0.2, -0.15) is 13.2 Å². The van der Waals surface area contributed by atoms with E-state index in [0.717, 1.165) is 24.5 Å². The van der Waals surface area contributed by atoms with Gasteiger partial charge in [0, 0.05) is 90.5 Å². The highest BCUT2D eigenvalue weighted by Gasteiger charge is 2.63. The number of benzene rings is 3. The second-order valence-corrected chi connectivity index (χ2v) is 21.0. The van der Waals surface area contributed by atoms with Crippen molar-refractivity contribution in [1.82, 2.24) is 25.4 Å². The Kier molecular flexibility index (Phi) is 12.4. The molecule has 0 saturated carbocycles. The maximum atomic E-state index is 16.5. The maximum absolute atomic E-state index is 16.5. The predicted molar refractivity (Wildman–Crippen MR) is 255 cm³/mol. The molecule has 71 heavy (non-hydrogen) atoms. The van der Waals surface area contributed by atoms with Gasteiger partial charge in [0.25, 0.3) is 11.8 Å². The van der Waals surface area contributed by atoms with Crippen LogP contribution in [0.3, 0.4) is 0 Å². The second-order valence-electron chi connectivity index (χ2n) is 20.6. The summed E-state index contributed by atoms with van der Waals surface area (Å²) in [5, 5.41) is 8.94. The Bertz CT molecular complexity index is 2950. The predicted octanol–water partition coefficient (Wildman–Crippen LogP) is 7.60. The first-order valence-corrected chi connectivity index (χ1v) is 24.3. The molecule has 6 aliphatic rings. The van der Waals surface area contributed by atoms with Crippen LogP contribution in [0.2, 0.25) is 5.02 Å². The van der Waals surface area contributed by atoms with Gasteiger partial charge >= 0.3 is 6.18 Å². The zero-order valence-corrected chi connectivity index (χ0v) is 40.1. The number of nitrogens with one attached hydrogen (secondary N) is 3. The summed E-state index contributed by atoms with van der Waals surface area (Å²) in [6.45, 7) is 7.63. The van der Waals surface area contributed by atoms with Crippen molar-refractivity contribution in [2.24, 2.45) is 11.3 Å². The highest BCUT2D eigenvalue weighted by Crippen LogP contribution is 2.57. The number of alkyl halides is 3. The van der Waals surface area contributed by atoms with Crippen molar-refractivity contribution in [2.75, 3.05) is 43.0 Å². The van der Waals surface area contributed by atoms with Gasteiger partial charge in [-0.3, -0.25) is 34.3 Å². The van der Waals surface area contributed by atoms with Gasteiger partial charge in [0.15, 0.2) is 0 Å². The number of hydrogen-bond acceptors (Lipinski definition) is 9. The number of aromatic nitrogens is 1. The van der Waals surface area contributed by atoms with Crippen LogP contribution >= 0.6 is 11.6 Å². The van der Waals surface area contributed by atoms with Crippen LogP contribution < -0.4 is 25.6 Å². The summed E-state index contributed by atoms with van der Waals surface area (Å²) in [4.78, 5) is 75.8. The van der Waals surface area contributed by atoms with E-state index in [1.807, 2.05) is 26.8 Å². The molecule has 3 aromatic carbocycles. The number of halogens is 5. The van der Waals surface area contributed by atoms with Crippen LogP contribution in [-0.4, -0.2) is 95.2 Å². The molecule has 6 aliphatic heterocycles. The summed E-state index contributed by atoms with van der Waals surface area (Å²) in [7, 11) is 0. The van der Waals surface area contributed by atoms with Crippen molar-refractivity contribution in [3.8, 4) is 17.6 Å². The standard InChI is InChI=1S/C53H52ClF4N7O6/c1-51(2,3)24-42-52(28-60-37-23-41(53(56,57)58)59-25-35(37)52)44(33-13-6-14-36(54)45(33)55)46(61-42)50(70)64-20-21-71-40-22-31(15-16-38(40)64)48(68)63-19-7-9-29(26-63)8-4-10-30-11-5-12-32-34(30)27-65(49(32)69)39-17-18-43(66)62-47(39)67/h5-6,11-16,22-23,25,29,39,42,44,46,60-61H,7-9,17-21,24,26-28H2,1-3H3,(H,62,66,67)/t29-,39+,42+,44+,46-,52+/m1/s1. The normalized spacial score (nSPS) is 24.9. The number of carbonyl (C=O) groups is 5. The van der Waals surface area contributed by atoms with Crippen LogP contribution in [0.1, 0.15) is 114 Å². The van der Waals surface area contributed by atoms with Crippen LogP contribution in [0.4, 0.5) is 28.9 Å². The molecule has 3 saturated heterocycles. The molecule has 6 atom stereocenters. The zero-order valence-electron chi connectivity index (χ0n) is 39.4. The monoisotopic (exact) mass is 993 g/mol. The molecule has 4 aromatic rings. The highest BCUT2D eigenvalue weighted by molar-refractivity contribution is 6.30. The molecule has 3 N–H and O–H groups in total. The number of likely N-dealkylation sites (tertiary alicyclic amines) is 1. The van der Waals surface area contributed by atoms with Gasteiger partial charge < -0.3 is 30.1 Å². The molecule has 370 valence electrons. The molecule has 7 heterocycles. The molecule has 18 heteroatoms. The van der Waals surface area contributed by atoms with E-state index < -0.39 is 59.0 Å². The Balaban J connectivity index is 0.880. The molecule has 0 aliphatic carbocycles. The molecule has 1 aromatic heterocycles. The lowest BCUT2D eigenvalue weighted by atomic mass is 9.63. The summed E-state index contributed by atoms with van der Waals surface area (Å²) in [6, 6.07) is 13.5. The van der Waals surface area contributed by atoms with Crippen molar-refractivity contribution >= 4 is 52.5 Å². The molecule has 3 fully saturated rings. The van der Waals surface area contributed by atoms with Crippen molar-refractivity contribution in [1.29, 1.82) is 0 Å². The maximum Gasteiger partial charge on any atom is 0.433 e. The Morgan fingerprint density at radius 1 is 1.01 bits per heavy atom. The molecule has 0 bridgehead atoms. The van der Waals surface area contributed by atoms with E-state index in [2.05, 4.69) is 32.8 Å². The molecule has 1 spiro atoms.